The number of carbonyl (C=O) groups is 2. The van der Waals surface area contributed by atoms with E-state index in [4.69, 9.17) is 38.0 Å². The Kier molecular flexibility index (Phi) is 11.5. The minimum atomic E-state index is -2.08. The summed E-state index contributed by atoms with van der Waals surface area (Å²) in [6, 6.07) is 10.8. The molecule has 3 aromatic heterocycles. The second kappa shape index (κ2) is 16.2. The molecule has 0 aliphatic carbocycles. The van der Waals surface area contributed by atoms with E-state index in [0.29, 0.717) is 87.4 Å². The van der Waals surface area contributed by atoms with E-state index in [0.717, 1.165) is 60.9 Å². The van der Waals surface area contributed by atoms with Crippen LogP contribution in [0.4, 0.5) is 5.82 Å². The lowest BCUT2D eigenvalue weighted by Gasteiger charge is -2.33. The van der Waals surface area contributed by atoms with Crippen LogP contribution >= 0.6 is 23.2 Å². The van der Waals surface area contributed by atoms with Gasteiger partial charge in [0.2, 0.25) is 11.3 Å². The topological polar surface area (TPSA) is 146 Å². The highest BCUT2D eigenvalue weighted by Gasteiger charge is 2.32. The number of aromatic carboxylic acids is 1. The first-order chi connectivity index (χ1) is 26.7. The molecule has 56 heavy (non-hydrogen) atoms. The molecule has 1 fully saturated rings. The van der Waals surface area contributed by atoms with Gasteiger partial charge in [-0.05, 0) is 94.0 Å². The van der Waals surface area contributed by atoms with Gasteiger partial charge in [-0.15, -0.1) is 0 Å². The first-order valence-corrected chi connectivity index (χ1v) is 20.4. The number of carboxylic acids is 1. The van der Waals surface area contributed by atoms with E-state index in [9.17, 15) is 23.5 Å². The summed E-state index contributed by atoms with van der Waals surface area (Å²) in [6.45, 7) is 10.8. The van der Waals surface area contributed by atoms with Crippen LogP contribution in [0.5, 0.6) is 5.75 Å². The van der Waals surface area contributed by atoms with Gasteiger partial charge in [-0.3, -0.25) is 14.0 Å². The van der Waals surface area contributed by atoms with Crippen molar-refractivity contribution < 1.29 is 28.2 Å². The summed E-state index contributed by atoms with van der Waals surface area (Å²) in [5, 5.41) is 17.0. The quantitative estimate of drug-likeness (QED) is 0.106. The van der Waals surface area contributed by atoms with Gasteiger partial charge >= 0.3 is 5.97 Å². The largest absolute Gasteiger partial charge is 0.494 e. The number of hydrogen-bond donors (Lipinski definition) is 2. The van der Waals surface area contributed by atoms with Gasteiger partial charge in [-0.2, -0.15) is 9.40 Å². The maximum atomic E-state index is 15.0. The highest BCUT2D eigenvalue weighted by Crippen LogP contribution is 2.43. The Morgan fingerprint density at radius 3 is 2.32 bits per heavy atom. The first kappa shape index (κ1) is 39.8. The lowest BCUT2D eigenvalue weighted by Crippen LogP contribution is -2.47. The van der Waals surface area contributed by atoms with Crippen LogP contribution < -0.4 is 9.64 Å². The molecule has 1 atom stereocenters. The molecule has 16 heteroatoms. The van der Waals surface area contributed by atoms with Crippen molar-refractivity contribution in [1.82, 2.24) is 28.5 Å². The van der Waals surface area contributed by atoms with Crippen LogP contribution in [0.3, 0.4) is 0 Å². The molecule has 2 aromatic carbocycles. The van der Waals surface area contributed by atoms with E-state index in [2.05, 4.69) is 4.57 Å². The monoisotopic (exact) mass is 821 g/mol. The van der Waals surface area contributed by atoms with E-state index in [1.54, 1.807) is 4.90 Å². The van der Waals surface area contributed by atoms with Crippen molar-refractivity contribution in [2.45, 2.75) is 60.0 Å². The predicted molar refractivity (Wildman–Crippen MR) is 218 cm³/mol. The molecule has 5 heterocycles. The number of piperazine rings is 1. The summed E-state index contributed by atoms with van der Waals surface area (Å²) >= 11 is 11.4. The zero-order chi connectivity index (χ0) is 40.0. The number of benzene rings is 2. The van der Waals surface area contributed by atoms with E-state index < -0.39 is 17.2 Å². The average Bonchev–Trinajstić information content (AvgIpc) is 3.54. The van der Waals surface area contributed by atoms with Crippen LogP contribution in [0.25, 0.3) is 22.0 Å². The summed E-state index contributed by atoms with van der Waals surface area (Å²) in [7, 11) is 1.91. The Labute approximate surface area is 338 Å². The molecule has 0 radical (unpaired) electrons. The molecule has 0 bridgehead atoms. The Hall–Kier alpha value is -4.47. The lowest BCUT2D eigenvalue weighted by molar-refractivity contribution is 0.0696. The molecule has 1 unspecified atom stereocenters. The van der Waals surface area contributed by atoms with Gasteiger partial charge in [0.15, 0.2) is 0 Å². The molecule has 7 rings (SSSR count). The molecule has 2 aliphatic heterocycles. The highest BCUT2D eigenvalue weighted by atomic mass is 35.5. The SMILES string of the molecule is Cc1cc(OCCCc2c3n(c4c(-c5c(C)nn(C)c5C)c(Cl)ccc24)CCCN(Cc2cc(C(=O)O)cc(N4CCN(S(=O)O)CC4)n2)C3=O)cc(C)c1Cl. The number of amides is 1. The molecule has 5 aromatic rings. The maximum absolute atomic E-state index is 15.0. The third kappa shape index (κ3) is 7.64. The van der Waals surface area contributed by atoms with Gasteiger partial charge in [-0.25, -0.2) is 14.0 Å². The molecular formula is C40H45Cl2N7O6S. The van der Waals surface area contributed by atoms with Gasteiger partial charge in [0, 0.05) is 73.5 Å². The number of fused-ring (bicyclic) bond motifs is 3. The first-order valence-electron chi connectivity index (χ1n) is 18.6. The number of anilines is 1. The second-order valence-electron chi connectivity index (χ2n) is 14.5. The van der Waals surface area contributed by atoms with Gasteiger partial charge < -0.3 is 24.2 Å². The number of nitrogens with zero attached hydrogens (tertiary/aromatic N) is 7. The Morgan fingerprint density at radius 2 is 1.68 bits per heavy atom. The third-order valence-corrected chi connectivity index (χ3v) is 12.6. The Balaban J connectivity index is 1.26. The molecule has 1 saturated heterocycles. The number of hydrogen-bond acceptors (Lipinski definition) is 7. The van der Waals surface area contributed by atoms with Crippen molar-refractivity contribution in [3.05, 3.63) is 91.5 Å². The molecule has 2 aliphatic rings. The fourth-order valence-corrected chi connectivity index (χ4v) is 8.88. The van der Waals surface area contributed by atoms with Crippen LogP contribution in [0.2, 0.25) is 10.0 Å². The number of ether oxygens (including phenoxy) is 1. The van der Waals surface area contributed by atoms with Crippen LogP contribution in [-0.2, 0) is 37.8 Å². The summed E-state index contributed by atoms with van der Waals surface area (Å²) in [4.78, 5) is 35.8. The molecule has 1 amide bonds. The van der Waals surface area contributed by atoms with Crippen molar-refractivity contribution in [2.75, 3.05) is 44.2 Å². The van der Waals surface area contributed by atoms with Crippen LogP contribution in [-0.4, -0.2) is 93.6 Å². The number of aryl methyl sites for hydroxylation is 6. The zero-order valence-corrected chi connectivity index (χ0v) is 34.4. The molecule has 296 valence electrons. The van der Waals surface area contributed by atoms with Crippen LogP contribution in [0, 0.1) is 27.7 Å². The van der Waals surface area contributed by atoms with Crippen LogP contribution in [0.1, 0.15) is 67.5 Å². The number of pyridine rings is 1. The minimum Gasteiger partial charge on any atom is -0.494 e. The Morgan fingerprint density at radius 1 is 0.964 bits per heavy atom. The number of carboxylic acid groups (broad SMARTS) is 1. The van der Waals surface area contributed by atoms with Crippen molar-refractivity contribution in [2.24, 2.45) is 7.05 Å². The lowest BCUT2D eigenvalue weighted by atomic mass is 9.98. The normalized spacial score (nSPS) is 15.7. The van der Waals surface area contributed by atoms with E-state index in [-0.39, 0.29) is 18.0 Å². The second-order valence-corrected chi connectivity index (χ2v) is 16.3. The van der Waals surface area contributed by atoms with Crippen LogP contribution in [0.15, 0.2) is 36.4 Å². The van der Waals surface area contributed by atoms with Gasteiger partial charge in [0.05, 0.1) is 40.6 Å². The van der Waals surface area contributed by atoms with Crippen molar-refractivity contribution in [1.29, 1.82) is 0 Å². The average molecular weight is 823 g/mol. The standard InChI is InChI=1S/C40H45Cl2N7O6S/c1-23-18-29(19-24(2)36(23)42)55-17-6-8-30-31-9-10-32(41)35(34-25(3)44-45(5)26(34)4)37(31)49-12-7-11-47(39(50)38(30)49)22-28-20-27(40(51)52)21-33(43-28)46-13-15-48(16-14-46)56(53)54/h9-10,18-21H,6-8,11-17,22H2,1-5H3,(H,51,52)(H,53,54). The molecular weight excluding hydrogens is 777 g/mol. The third-order valence-electron chi connectivity index (χ3n) is 10.8. The zero-order valence-electron chi connectivity index (χ0n) is 32.1. The van der Waals surface area contributed by atoms with E-state index in [1.807, 2.05) is 68.6 Å². The fraction of sp³-hybridized carbons (Fsp3) is 0.400. The van der Waals surface area contributed by atoms with Gasteiger partial charge in [0.25, 0.3) is 5.91 Å². The maximum Gasteiger partial charge on any atom is 0.335 e. The summed E-state index contributed by atoms with van der Waals surface area (Å²) in [5.41, 5.74) is 8.33. The Bertz CT molecular complexity index is 2360. The highest BCUT2D eigenvalue weighted by molar-refractivity contribution is 7.76. The summed E-state index contributed by atoms with van der Waals surface area (Å²) in [6.07, 6.45) is 1.83. The molecule has 0 saturated carbocycles. The minimum absolute atomic E-state index is 0.0582. The smallest absolute Gasteiger partial charge is 0.335 e. The molecule has 0 spiro atoms. The molecule has 13 nitrogen and oxygen atoms in total. The van der Waals surface area contributed by atoms with Gasteiger partial charge in [0.1, 0.15) is 17.3 Å². The van der Waals surface area contributed by atoms with Crippen molar-refractivity contribution >= 4 is 63.1 Å². The number of carbonyl (C=O) groups excluding carboxylic acids is 1. The number of halogens is 2. The molecule has 2 N–H and O–H groups in total. The van der Waals surface area contributed by atoms with Crippen molar-refractivity contribution in [3.63, 3.8) is 0 Å². The fourth-order valence-electron chi connectivity index (χ4n) is 8.04. The summed E-state index contributed by atoms with van der Waals surface area (Å²) in [5.74, 6) is -0.0908. The number of aromatic nitrogens is 4. The van der Waals surface area contributed by atoms with E-state index >= 15 is 0 Å². The predicted octanol–water partition coefficient (Wildman–Crippen LogP) is 6.99. The number of rotatable bonds is 11. The van der Waals surface area contributed by atoms with E-state index in [1.165, 1.54) is 16.4 Å². The van der Waals surface area contributed by atoms with Crippen molar-refractivity contribution in [3.8, 4) is 16.9 Å². The van der Waals surface area contributed by atoms with Gasteiger partial charge in [-0.1, -0.05) is 29.3 Å². The summed E-state index contributed by atoms with van der Waals surface area (Å²) < 4.78 is 32.7.